The van der Waals surface area contributed by atoms with Gasteiger partial charge in [0.2, 0.25) is 0 Å². The largest absolute Gasteiger partial charge is 0.497 e. The molecule has 1 aromatic heterocycles. The van der Waals surface area contributed by atoms with Gasteiger partial charge in [-0.1, -0.05) is 47.7 Å². The van der Waals surface area contributed by atoms with E-state index in [0.717, 1.165) is 44.5 Å². The van der Waals surface area contributed by atoms with Crippen LogP contribution in [0.3, 0.4) is 0 Å². The van der Waals surface area contributed by atoms with E-state index in [1.54, 1.807) is 13.3 Å². The molecule has 2 N–H and O–H groups in total. The second-order valence-electron chi connectivity index (χ2n) is 5.77. The average molecular weight is 376 g/mol. The van der Waals surface area contributed by atoms with Crippen molar-refractivity contribution in [2.45, 2.75) is 0 Å². The summed E-state index contributed by atoms with van der Waals surface area (Å²) in [7, 11) is 1.62. The summed E-state index contributed by atoms with van der Waals surface area (Å²) >= 11 is 1.13. The lowest BCUT2D eigenvalue weighted by molar-refractivity contribution is 0.415. The lowest BCUT2D eigenvalue weighted by atomic mass is 10.0. The number of nitrogens with zero attached hydrogens (tertiary/aromatic N) is 2. The third kappa shape index (κ3) is 3.73. The van der Waals surface area contributed by atoms with E-state index in [-0.39, 0.29) is 4.87 Å². The first-order chi connectivity index (χ1) is 13.2. The fourth-order valence-electron chi connectivity index (χ4n) is 2.71. The van der Waals surface area contributed by atoms with Crippen molar-refractivity contribution < 1.29 is 4.74 Å². The number of anilines is 2. The average Bonchev–Trinajstić information content (AvgIpc) is 3.29. The number of nitrogens with one attached hydrogen (secondary N) is 2. The molecule has 1 aliphatic heterocycles. The lowest BCUT2D eigenvalue weighted by Crippen LogP contribution is -2.02. The van der Waals surface area contributed by atoms with E-state index in [1.165, 1.54) is 0 Å². The maximum absolute atomic E-state index is 12.0. The smallest absolute Gasteiger partial charge is 0.306 e. The number of hydrogen-bond acceptors (Lipinski definition) is 6. The van der Waals surface area contributed by atoms with Gasteiger partial charge in [0.1, 0.15) is 17.3 Å². The van der Waals surface area contributed by atoms with Gasteiger partial charge >= 0.3 is 4.87 Å². The fraction of sp³-hybridized carbons (Fsp3) is 0.0500. The first-order valence-electron chi connectivity index (χ1n) is 8.25. The summed E-state index contributed by atoms with van der Waals surface area (Å²) in [4.78, 5) is 15.4. The van der Waals surface area contributed by atoms with Gasteiger partial charge in [-0.15, -0.1) is 5.10 Å². The summed E-state index contributed by atoms with van der Waals surface area (Å²) in [6.07, 6.45) is 3.61. The van der Waals surface area contributed by atoms with Gasteiger partial charge in [0.05, 0.1) is 18.2 Å². The van der Waals surface area contributed by atoms with Crippen LogP contribution in [0.25, 0.3) is 6.08 Å². The van der Waals surface area contributed by atoms with Crippen LogP contribution >= 0.6 is 11.3 Å². The van der Waals surface area contributed by atoms with E-state index in [1.807, 2.05) is 60.7 Å². The Hall–Kier alpha value is -3.45. The number of benzene rings is 2. The second kappa shape index (κ2) is 7.43. The molecule has 0 saturated heterocycles. The van der Waals surface area contributed by atoms with Gasteiger partial charge in [0, 0.05) is 22.9 Å². The van der Waals surface area contributed by atoms with E-state index < -0.39 is 0 Å². The molecule has 3 aromatic rings. The molecule has 0 atom stereocenters. The van der Waals surface area contributed by atoms with Crippen LogP contribution < -0.4 is 14.9 Å². The predicted molar refractivity (Wildman–Crippen MR) is 111 cm³/mol. The summed E-state index contributed by atoms with van der Waals surface area (Å²) in [5, 5.41) is 11.5. The summed E-state index contributed by atoms with van der Waals surface area (Å²) in [6.45, 7) is 0. The molecular weight excluding hydrogens is 360 g/mol. The number of ether oxygens (including phenoxy) is 1. The Morgan fingerprint density at radius 2 is 2.00 bits per heavy atom. The maximum Gasteiger partial charge on any atom is 0.306 e. The van der Waals surface area contributed by atoms with Crippen LogP contribution in [0.15, 0.2) is 75.2 Å². The number of hydrogen-bond donors (Lipinski definition) is 2. The summed E-state index contributed by atoms with van der Waals surface area (Å²) in [5.41, 5.74) is 3.43. The summed E-state index contributed by atoms with van der Waals surface area (Å²) < 4.78 is 5.24. The number of H-pyrrole nitrogens is 1. The highest BCUT2D eigenvalue weighted by Gasteiger charge is 2.15. The van der Waals surface area contributed by atoms with Crippen molar-refractivity contribution in [3.05, 3.63) is 80.3 Å². The molecule has 0 amide bonds. The second-order valence-corrected chi connectivity index (χ2v) is 6.78. The van der Waals surface area contributed by atoms with Crippen molar-refractivity contribution >= 4 is 40.8 Å². The molecule has 0 saturated carbocycles. The molecule has 2 heterocycles. The molecule has 6 nitrogen and oxygen atoms in total. The third-order valence-corrected chi connectivity index (χ3v) is 4.81. The minimum Gasteiger partial charge on any atom is -0.497 e. The van der Waals surface area contributed by atoms with E-state index in [4.69, 9.17) is 4.74 Å². The van der Waals surface area contributed by atoms with Crippen LogP contribution in [-0.2, 0) is 0 Å². The van der Waals surface area contributed by atoms with Crippen LogP contribution in [0.2, 0.25) is 0 Å². The SMILES string of the molecule is COc1cccc(Nc2[nH]c(=O)sc2C=C2C=NN=C2c2ccccc2)c1. The Labute approximate surface area is 159 Å². The summed E-state index contributed by atoms with van der Waals surface area (Å²) in [5.74, 6) is 1.36. The van der Waals surface area contributed by atoms with Crippen LogP contribution in [0.4, 0.5) is 11.5 Å². The van der Waals surface area contributed by atoms with Crippen molar-refractivity contribution in [2.24, 2.45) is 10.2 Å². The zero-order chi connectivity index (χ0) is 18.6. The van der Waals surface area contributed by atoms with Crippen LogP contribution in [0, 0.1) is 0 Å². The van der Waals surface area contributed by atoms with E-state index in [0.29, 0.717) is 5.82 Å². The maximum atomic E-state index is 12.0. The molecule has 0 spiro atoms. The quantitative estimate of drug-likeness (QED) is 0.705. The minimum atomic E-state index is -0.139. The molecule has 7 heteroatoms. The summed E-state index contributed by atoms with van der Waals surface area (Å²) in [6, 6.07) is 17.3. The standard InChI is InChI=1S/C20H16N4O2S/c1-26-16-9-5-8-15(11-16)22-19-17(27-20(25)23-19)10-14-12-21-24-18(14)13-6-3-2-4-7-13/h2-12,22H,1H3,(H,23,25). The number of rotatable bonds is 5. The molecule has 2 aromatic carbocycles. The monoisotopic (exact) mass is 376 g/mol. The topological polar surface area (TPSA) is 78.8 Å². The Kier molecular flexibility index (Phi) is 4.67. The molecule has 0 unspecified atom stereocenters. The van der Waals surface area contributed by atoms with E-state index >= 15 is 0 Å². The molecule has 134 valence electrons. The van der Waals surface area contributed by atoms with Crippen molar-refractivity contribution in [2.75, 3.05) is 12.4 Å². The lowest BCUT2D eigenvalue weighted by Gasteiger charge is -2.07. The van der Waals surface area contributed by atoms with Gasteiger partial charge in [-0.2, -0.15) is 5.10 Å². The molecular formula is C20H16N4O2S. The van der Waals surface area contributed by atoms with E-state index in [2.05, 4.69) is 20.5 Å². The van der Waals surface area contributed by atoms with Crippen molar-refractivity contribution in [1.29, 1.82) is 0 Å². The number of aromatic amines is 1. The fourth-order valence-corrected chi connectivity index (χ4v) is 3.46. The third-order valence-electron chi connectivity index (χ3n) is 3.98. The highest BCUT2D eigenvalue weighted by molar-refractivity contribution is 7.10. The van der Waals surface area contributed by atoms with Gasteiger partial charge in [0.15, 0.2) is 0 Å². The van der Waals surface area contributed by atoms with Crippen molar-refractivity contribution in [1.82, 2.24) is 4.98 Å². The van der Waals surface area contributed by atoms with Gasteiger partial charge < -0.3 is 10.1 Å². The van der Waals surface area contributed by atoms with Gasteiger partial charge in [-0.25, -0.2) is 0 Å². The molecule has 0 fully saturated rings. The molecule has 1 aliphatic rings. The predicted octanol–water partition coefficient (Wildman–Crippen LogP) is 4.06. The highest BCUT2D eigenvalue weighted by Crippen LogP contribution is 2.26. The molecule has 0 bridgehead atoms. The Morgan fingerprint density at radius 3 is 2.81 bits per heavy atom. The molecule has 4 rings (SSSR count). The number of methoxy groups -OCH3 is 1. The van der Waals surface area contributed by atoms with E-state index in [9.17, 15) is 4.79 Å². The Bertz CT molecular complexity index is 1110. The molecule has 0 aliphatic carbocycles. The van der Waals surface area contributed by atoms with Crippen LogP contribution in [-0.4, -0.2) is 24.0 Å². The Balaban J connectivity index is 1.67. The number of allylic oxidation sites excluding steroid dienone is 1. The molecule has 0 radical (unpaired) electrons. The van der Waals surface area contributed by atoms with Crippen molar-refractivity contribution in [3.63, 3.8) is 0 Å². The first-order valence-corrected chi connectivity index (χ1v) is 9.07. The number of aromatic nitrogens is 1. The number of thiazole rings is 1. The highest BCUT2D eigenvalue weighted by atomic mass is 32.1. The normalized spacial score (nSPS) is 14.4. The van der Waals surface area contributed by atoms with Crippen molar-refractivity contribution in [3.8, 4) is 5.75 Å². The minimum absolute atomic E-state index is 0.139. The van der Waals surface area contributed by atoms with Gasteiger partial charge in [-0.3, -0.25) is 9.78 Å². The van der Waals surface area contributed by atoms with Gasteiger partial charge in [-0.05, 0) is 18.2 Å². The Morgan fingerprint density at radius 1 is 1.15 bits per heavy atom. The van der Waals surface area contributed by atoms with Gasteiger partial charge in [0.25, 0.3) is 0 Å². The van der Waals surface area contributed by atoms with Crippen LogP contribution in [0.1, 0.15) is 10.4 Å². The molecule has 27 heavy (non-hydrogen) atoms. The zero-order valence-electron chi connectivity index (χ0n) is 14.5. The van der Waals surface area contributed by atoms with Crippen LogP contribution in [0.5, 0.6) is 5.75 Å². The first kappa shape index (κ1) is 17.0. The zero-order valence-corrected chi connectivity index (χ0v) is 15.3.